The molecule has 2 aromatic rings. The first-order valence-corrected chi connectivity index (χ1v) is 8.44. The lowest BCUT2D eigenvalue weighted by molar-refractivity contribution is 0.0683. The van der Waals surface area contributed by atoms with E-state index in [2.05, 4.69) is 25.5 Å². The summed E-state index contributed by atoms with van der Waals surface area (Å²) in [5.74, 6) is 1.77. The van der Waals surface area contributed by atoms with Crippen LogP contribution in [0.15, 0.2) is 21.9 Å². The molecule has 0 saturated carbocycles. The van der Waals surface area contributed by atoms with Gasteiger partial charge in [0.25, 0.3) is 0 Å². The fraction of sp³-hybridized carbons (Fsp3) is 0.625. The number of aliphatic imine (C=N–C) groups is 1. The second-order valence-corrected chi connectivity index (χ2v) is 5.69. The van der Waals surface area contributed by atoms with Crippen LogP contribution in [0.5, 0.6) is 0 Å². The van der Waals surface area contributed by atoms with E-state index in [0.29, 0.717) is 31.4 Å². The lowest BCUT2D eigenvalue weighted by atomic mass is 10.3. The van der Waals surface area contributed by atoms with Crippen molar-refractivity contribution in [3.05, 3.63) is 29.7 Å². The standard InChI is InChI=1S/C16H27N7O2.HI/c1-6-17-16(22(4)10-13-8-19-23(5)11-13)18-9-14-20-15(21-25-14)12(3)24-7-2;/h8,11-12H,6-7,9-10H2,1-5H3,(H,17,18);1H. The van der Waals surface area contributed by atoms with Crippen molar-refractivity contribution < 1.29 is 9.26 Å². The van der Waals surface area contributed by atoms with Crippen LogP contribution in [0.2, 0.25) is 0 Å². The maximum absolute atomic E-state index is 5.46. The van der Waals surface area contributed by atoms with Crippen LogP contribution >= 0.6 is 24.0 Å². The molecule has 146 valence electrons. The van der Waals surface area contributed by atoms with Crippen LogP contribution < -0.4 is 5.32 Å². The van der Waals surface area contributed by atoms with Gasteiger partial charge in [0.2, 0.25) is 5.89 Å². The van der Waals surface area contributed by atoms with Crippen LogP contribution in [0.4, 0.5) is 0 Å². The number of hydrogen-bond donors (Lipinski definition) is 1. The Kier molecular flexibility index (Phi) is 9.55. The molecule has 0 aliphatic rings. The van der Waals surface area contributed by atoms with E-state index in [1.807, 2.05) is 52.2 Å². The summed E-state index contributed by atoms with van der Waals surface area (Å²) < 4.78 is 12.5. The van der Waals surface area contributed by atoms with Gasteiger partial charge in [0.15, 0.2) is 11.8 Å². The maximum Gasteiger partial charge on any atom is 0.248 e. The third kappa shape index (κ3) is 6.56. The first-order chi connectivity index (χ1) is 12.0. The van der Waals surface area contributed by atoms with Crippen molar-refractivity contribution in [1.82, 2.24) is 30.1 Å². The largest absolute Gasteiger partial charge is 0.371 e. The second-order valence-electron chi connectivity index (χ2n) is 5.69. The van der Waals surface area contributed by atoms with Gasteiger partial charge in [-0.15, -0.1) is 24.0 Å². The van der Waals surface area contributed by atoms with E-state index in [0.717, 1.165) is 18.1 Å². The molecule has 1 unspecified atom stereocenters. The lowest BCUT2D eigenvalue weighted by Gasteiger charge is -2.21. The van der Waals surface area contributed by atoms with Crippen molar-refractivity contribution in [1.29, 1.82) is 0 Å². The summed E-state index contributed by atoms with van der Waals surface area (Å²) in [7, 11) is 3.88. The van der Waals surface area contributed by atoms with Crippen LogP contribution in [0.3, 0.4) is 0 Å². The lowest BCUT2D eigenvalue weighted by Crippen LogP contribution is -2.38. The summed E-state index contributed by atoms with van der Waals surface area (Å²) >= 11 is 0. The molecule has 0 aromatic carbocycles. The number of aryl methyl sites for hydroxylation is 1. The quantitative estimate of drug-likeness (QED) is 0.354. The van der Waals surface area contributed by atoms with E-state index < -0.39 is 0 Å². The molecule has 0 aliphatic heterocycles. The molecule has 2 heterocycles. The molecule has 26 heavy (non-hydrogen) atoms. The Labute approximate surface area is 171 Å². The number of nitrogens with one attached hydrogen (secondary N) is 1. The molecular weight excluding hydrogens is 449 g/mol. The van der Waals surface area contributed by atoms with Gasteiger partial charge in [-0.1, -0.05) is 5.16 Å². The highest BCUT2D eigenvalue weighted by Gasteiger charge is 2.14. The van der Waals surface area contributed by atoms with Gasteiger partial charge in [0, 0.05) is 45.6 Å². The molecule has 2 rings (SSSR count). The molecule has 10 heteroatoms. The summed E-state index contributed by atoms with van der Waals surface area (Å²) in [6.45, 7) is 8.25. The van der Waals surface area contributed by atoms with Gasteiger partial charge in [0.05, 0.1) is 6.20 Å². The summed E-state index contributed by atoms with van der Waals surface area (Å²) in [4.78, 5) is 10.9. The minimum atomic E-state index is -0.187. The average molecular weight is 477 g/mol. The zero-order valence-corrected chi connectivity index (χ0v) is 18.3. The van der Waals surface area contributed by atoms with Crippen LogP contribution in [-0.4, -0.2) is 51.0 Å². The zero-order valence-electron chi connectivity index (χ0n) is 16.0. The highest BCUT2D eigenvalue weighted by molar-refractivity contribution is 14.0. The number of halogens is 1. The predicted octanol–water partition coefficient (Wildman–Crippen LogP) is 2.12. The smallest absolute Gasteiger partial charge is 0.248 e. The van der Waals surface area contributed by atoms with Crippen molar-refractivity contribution in [2.75, 3.05) is 20.2 Å². The monoisotopic (exact) mass is 477 g/mol. The molecule has 0 saturated heterocycles. The molecule has 0 bridgehead atoms. The Hall–Kier alpha value is -1.69. The molecule has 0 fully saturated rings. The van der Waals surface area contributed by atoms with Gasteiger partial charge in [0.1, 0.15) is 12.6 Å². The Morgan fingerprint density at radius 3 is 2.85 bits per heavy atom. The van der Waals surface area contributed by atoms with Gasteiger partial charge >= 0.3 is 0 Å². The average Bonchev–Trinajstić information content (AvgIpc) is 3.20. The SMILES string of the molecule is CCNC(=NCc1nc(C(C)OCC)no1)N(C)Cc1cnn(C)c1.I. The van der Waals surface area contributed by atoms with Crippen LogP contribution in [0.25, 0.3) is 0 Å². The van der Waals surface area contributed by atoms with Gasteiger partial charge < -0.3 is 19.5 Å². The third-order valence-corrected chi connectivity index (χ3v) is 3.50. The van der Waals surface area contributed by atoms with Crippen LogP contribution in [0, 0.1) is 0 Å². The van der Waals surface area contributed by atoms with Gasteiger partial charge in [-0.3, -0.25) is 4.68 Å². The van der Waals surface area contributed by atoms with Crippen LogP contribution in [0.1, 0.15) is 44.2 Å². The summed E-state index contributed by atoms with van der Waals surface area (Å²) in [6.07, 6.45) is 3.65. The van der Waals surface area contributed by atoms with Gasteiger partial charge in [-0.2, -0.15) is 10.1 Å². The van der Waals surface area contributed by atoms with Crippen molar-refractivity contribution >= 4 is 29.9 Å². The Bertz CT molecular complexity index is 686. The van der Waals surface area contributed by atoms with E-state index in [9.17, 15) is 0 Å². The molecule has 9 nitrogen and oxygen atoms in total. The molecule has 0 amide bonds. The first kappa shape index (κ1) is 22.4. The minimum Gasteiger partial charge on any atom is -0.371 e. The second kappa shape index (κ2) is 11.1. The highest BCUT2D eigenvalue weighted by atomic mass is 127. The van der Waals surface area contributed by atoms with Crippen LogP contribution in [-0.2, 0) is 24.9 Å². The van der Waals surface area contributed by atoms with E-state index in [1.54, 1.807) is 4.68 Å². The molecule has 0 spiro atoms. The fourth-order valence-electron chi connectivity index (χ4n) is 2.34. The minimum absolute atomic E-state index is 0. The molecule has 2 aromatic heterocycles. The van der Waals surface area contributed by atoms with Gasteiger partial charge in [-0.25, -0.2) is 4.99 Å². The Balaban J connectivity index is 0.00000338. The zero-order chi connectivity index (χ0) is 18.2. The summed E-state index contributed by atoms with van der Waals surface area (Å²) in [6, 6.07) is 0. The number of hydrogen-bond acceptors (Lipinski definition) is 6. The maximum atomic E-state index is 5.46. The Morgan fingerprint density at radius 2 is 2.23 bits per heavy atom. The Morgan fingerprint density at radius 1 is 1.46 bits per heavy atom. The van der Waals surface area contributed by atoms with E-state index >= 15 is 0 Å². The van der Waals surface area contributed by atoms with Crippen molar-refractivity contribution in [3.63, 3.8) is 0 Å². The number of rotatable bonds is 8. The first-order valence-electron chi connectivity index (χ1n) is 8.44. The number of aromatic nitrogens is 4. The molecule has 0 aliphatic carbocycles. The number of ether oxygens (including phenoxy) is 1. The fourth-order valence-corrected chi connectivity index (χ4v) is 2.34. The molecule has 0 radical (unpaired) electrons. The molecule has 1 N–H and O–H groups in total. The topological polar surface area (TPSA) is 93.6 Å². The third-order valence-electron chi connectivity index (χ3n) is 3.50. The number of guanidine groups is 1. The van der Waals surface area contributed by atoms with Gasteiger partial charge in [-0.05, 0) is 20.8 Å². The molecule has 1 atom stereocenters. The summed E-state index contributed by atoms with van der Waals surface area (Å²) in [5.41, 5.74) is 1.11. The van der Waals surface area contributed by atoms with Crippen molar-refractivity contribution in [3.8, 4) is 0 Å². The summed E-state index contributed by atoms with van der Waals surface area (Å²) in [5, 5.41) is 11.4. The van der Waals surface area contributed by atoms with E-state index in [1.165, 1.54) is 0 Å². The highest BCUT2D eigenvalue weighted by Crippen LogP contribution is 2.13. The predicted molar refractivity (Wildman–Crippen MR) is 109 cm³/mol. The van der Waals surface area contributed by atoms with E-state index in [-0.39, 0.29) is 30.1 Å². The normalized spacial score (nSPS) is 12.6. The van der Waals surface area contributed by atoms with Crippen molar-refractivity contribution in [2.45, 2.75) is 40.0 Å². The molecular formula is C16H28IN7O2. The van der Waals surface area contributed by atoms with E-state index in [4.69, 9.17) is 9.26 Å². The van der Waals surface area contributed by atoms with Crippen molar-refractivity contribution in [2.24, 2.45) is 12.0 Å². The number of nitrogens with zero attached hydrogens (tertiary/aromatic N) is 6.